The number of fused-ring (bicyclic) bond motifs is 1. The summed E-state index contributed by atoms with van der Waals surface area (Å²) < 4.78 is 40.2. The van der Waals surface area contributed by atoms with Crippen LogP contribution < -0.4 is 14.2 Å². The third-order valence-corrected chi connectivity index (χ3v) is 5.73. The second-order valence-electron chi connectivity index (χ2n) is 6.03. The van der Waals surface area contributed by atoms with Crippen molar-refractivity contribution >= 4 is 10.2 Å². The second kappa shape index (κ2) is 7.43. The number of ether oxygens (including phenoxy) is 2. The summed E-state index contributed by atoms with van der Waals surface area (Å²) in [6.45, 7) is 0.583. The van der Waals surface area contributed by atoms with Crippen molar-refractivity contribution in [3.05, 3.63) is 59.7 Å². The fourth-order valence-corrected chi connectivity index (χ4v) is 3.93. The average Bonchev–Trinajstić information content (AvgIpc) is 2.61. The van der Waals surface area contributed by atoms with Gasteiger partial charge in [0.2, 0.25) is 0 Å². The third-order valence-electron chi connectivity index (χ3n) is 4.15. The summed E-state index contributed by atoms with van der Waals surface area (Å²) in [5.74, 6) is 1.36. The molecule has 0 amide bonds. The molecule has 0 spiro atoms. The standard InChI is InChI=1S/C18H22N2O4S/c1-20(12-14-7-4-3-5-8-14)25(21,22)19-16-11-15-9-6-10-17(23-2)18(15)24-13-16/h3-10,16,19H,11-13H2,1-2H3. The molecule has 0 saturated heterocycles. The Bertz CT molecular complexity index is 824. The highest BCUT2D eigenvalue weighted by atomic mass is 32.2. The normalized spacial score (nSPS) is 17.0. The van der Waals surface area contributed by atoms with Gasteiger partial charge in [-0.1, -0.05) is 42.5 Å². The summed E-state index contributed by atoms with van der Waals surface area (Å²) in [6.07, 6.45) is 0.560. The maximum absolute atomic E-state index is 12.6. The number of benzene rings is 2. The van der Waals surface area contributed by atoms with Crippen LogP contribution in [-0.4, -0.2) is 39.5 Å². The van der Waals surface area contributed by atoms with E-state index in [1.807, 2.05) is 48.5 Å². The van der Waals surface area contributed by atoms with Crippen LogP contribution in [0, 0.1) is 0 Å². The van der Waals surface area contributed by atoms with E-state index in [9.17, 15) is 8.42 Å². The third kappa shape index (κ3) is 4.12. The lowest BCUT2D eigenvalue weighted by Crippen LogP contribution is -2.47. The van der Waals surface area contributed by atoms with Crippen LogP contribution in [0.4, 0.5) is 0 Å². The fourth-order valence-electron chi connectivity index (χ4n) is 2.86. The Morgan fingerprint density at radius 3 is 2.68 bits per heavy atom. The van der Waals surface area contributed by atoms with E-state index < -0.39 is 10.2 Å². The molecule has 1 unspecified atom stereocenters. The van der Waals surface area contributed by atoms with Crippen molar-refractivity contribution in [2.24, 2.45) is 0 Å². The summed E-state index contributed by atoms with van der Waals surface area (Å²) in [6, 6.07) is 14.8. The van der Waals surface area contributed by atoms with Crippen molar-refractivity contribution in [2.45, 2.75) is 19.0 Å². The van der Waals surface area contributed by atoms with E-state index in [1.54, 1.807) is 14.2 Å². The molecule has 2 aromatic carbocycles. The minimum atomic E-state index is -3.60. The highest BCUT2D eigenvalue weighted by Crippen LogP contribution is 2.34. The topological polar surface area (TPSA) is 67.9 Å². The number of rotatable bonds is 6. The molecule has 2 aromatic rings. The van der Waals surface area contributed by atoms with Crippen LogP contribution in [0.1, 0.15) is 11.1 Å². The van der Waals surface area contributed by atoms with Crippen molar-refractivity contribution in [1.82, 2.24) is 9.03 Å². The molecule has 1 heterocycles. The monoisotopic (exact) mass is 362 g/mol. The van der Waals surface area contributed by atoms with E-state index in [4.69, 9.17) is 9.47 Å². The Kier molecular flexibility index (Phi) is 5.27. The van der Waals surface area contributed by atoms with Crippen molar-refractivity contribution < 1.29 is 17.9 Å². The van der Waals surface area contributed by atoms with Crippen molar-refractivity contribution in [3.8, 4) is 11.5 Å². The van der Waals surface area contributed by atoms with Gasteiger partial charge in [-0.15, -0.1) is 0 Å². The van der Waals surface area contributed by atoms with Crippen molar-refractivity contribution in [1.29, 1.82) is 0 Å². The van der Waals surface area contributed by atoms with E-state index in [2.05, 4.69) is 4.72 Å². The zero-order chi connectivity index (χ0) is 17.9. The molecule has 0 aliphatic carbocycles. The number of nitrogens with one attached hydrogen (secondary N) is 1. The molecule has 0 radical (unpaired) electrons. The van der Waals surface area contributed by atoms with E-state index in [0.717, 1.165) is 11.1 Å². The number of hydrogen-bond donors (Lipinski definition) is 1. The maximum atomic E-state index is 12.6. The quantitative estimate of drug-likeness (QED) is 0.853. The Labute approximate surface area is 148 Å². The zero-order valence-electron chi connectivity index (χ0n) is 14.3. The van der Waals surface area contributed by atoms with Gasteiger partial charge in [0.25, 0.3) is 10.2 Å². The Hall–Kier alpha value is -2.09. The first-order valence-corrected chi connectivity index (χ1v) is 9.50. The van der Waals surface area contributed by atoms with Crippen LogP contribution in [-0.2, 0) is 23.2 Å². The van der Waals surface area contributed by atoms with Crippen LogP contribution in [0.3, 0.4) is 0 Å². The lowest BCUT2D eigenvalue weighted by atomic mass is 10.0. The number of nitrogens with zero attached hydrogens (tertiary/aromatic N) is 1. The second-order valence-corrected chi connectivity index (χ2v) is 7.83. The molecule has 1 N–H and O–H groups in total. The summed E-state index contributed by atoms with van der Waals surface area (Å²) in [5.41, 5.74) is 1.87. The Morgan fingerprint density at radius 1 is 1.20 bits per heavy atom. The van der Waals surface area contributed by atoms with Gasteiger partial charge in [0.1, 0.15) is 6.61 Å². The van der Waals surface area contributed by atoms with Gasteiger partial charge >= 0.3 is 0 Å². The smallest absolute Gasteiger partial charge is 0.279 e. The first-order valence-electron chi connectivity index (χ1n) is 8.06. The number of methoxy groups -OCH3 is 1. The van der Waals surface area contributed by atoms with E-state index in [0.29, 0.717) is 24.5 Å². The van der Waals surface area contributed by atoms with Gasteiger partial charge in [0.05, 0.1) is 13.2 Å². The first-order chi connectivity index (χ1) is 12.0. The predicted molar refractivity (Wildman–Crippen MR) is 95.9 cm³/mol. The molecule has 0 aromatic heterocycles. The van der Waals surface area contributed by atoms with Crippen molar-refractivity contribution in [2.75, 3.05) is 20.8 Å². The molecule has 134 valence electrons. The molecular formula is C18H22N2O4S. The highest BCUT2D eigenvalue weighted by molar-refractivity contribution is 7.87. The molecule has 1 aliphatic heterocycles. The number of para-hydroxylation sites is 1. The minimum absolute atomic E-state index is 0.270. The average molecular weight is 362 g/mol. The molecular weight excluding hydrogens is 340 g/mol. The molecule has 25 heavy (non-hydrogen) atoms. The van der Waals surface area contributed by atoms with Gasteiger partial charge in [0.15, 0.2) is 11.5 Å². The molecule has 0 bridgehead atoms. The van der Waals surface area contributed by atoms with Gasteiger partial charge in [-0.05, 0) is 23.6 Å². The number of hydrogen-bond acceptors (Lipinski definition) is 4. The Morgan fingerprint density at radius 2 is 1.96 bits per heavy atom. The summed E-state index contributed by atoms with van der Waals surface area (Å²) in [7, 11) is -0.449. The van der Waals surface area contributed by atoms with Gasteiger partial charge in [0, 0.05) is 13.6 Å². The van der Waals surface area contributed by atoms with Crippen LogP contribution in [0.5, 0.6) is 11.5 Å². The van der Waals surface area contributed by atoms with Gasteiger partial charge in [-0.2, -0.15) is 17.4 Å². The predicted octanol–water partition coefficient (Wildman–Crippen LogP) is 1.97. The van der Waals surface area contributed by atoms with Crippen LogP contribution >= 0.6 is 0 Å². The van der Waals surface area contributed by atoms with Gasteiger partial charge in [-0.3, -0.25) is 0 Å². The lowest BCUT2D eigenvalue weighted by Gasteiger charge is -2.28. The van der Waals surface area contributed by atoms with Crippen LogP contribution in [0.25, 0.3) is 0 Å². The van der Waals surface area contributed by atoms with Gasteiger partial charge in [-0.25, -0.2) is 0 Å². The van der Waals surface area contributed by atoms with Gasteiger partial charge < -0.3 is 9.47 Å². The maximum Gasteiger partial charge on any atom is 0.279 e. The lowest BCUT2D eigenvalue weighted by molar-refractivity contribution is 0.238. The molecule has 0 saturated carbocycles. The Balaban J connectivity index is 1.67. The van der Waals surface area contributed by atoms with Crippen LogP contribution in [0.2, 0.25) is 0 Å². The highest BCUT2D eigenvalue weighted by Gasteiger charge is 2.28. The molecule has 7 heteroatoms. The first kappa shape index (κ1) is 17.7. The largest absolute Gasteiger partial charge is 0.493 e. The summed E-state index contributed by atoms with van der Waals surface area (Å²) >= 11 is 0. The molecule has 1 aliphatic rings. The van der Waals surface area contributed by atoms with Crippen LogP contribution in [0.15, 0.2) is 48.5 Å². The summed E-state index contributed by atoms with van der Waals surface area (Å²) in [4.78, 5) is 0. The van der Waals surface area contributed by atoms with Crippen molar-refractivity contribution in [3.63, 3.8) is 0 Å². The zero-order valence-corrected chi connectivity index (χ0v) is 15.1. The minimum Gasteiger partial charge on any atom is -0.493 e. The molecule has 0 fully saturated rings. The van der Waals surface area contributed by atoms with E-state index >= 15 is 0 Å². The van der Waals surface area contributed by atoms with E-state index in [-0.39, 0.29) is 12.6 Å². The molecule has 6 nitrogen and oxygen atoms in total. The van der Waals surface area contributed by atoms with E-state index in [1.165, 1.54) is 4.31 Å². The molecule has 1 atom stereocenters. The SMILES string of the molecule is COc1cccc2c1OCC(NS(=O)(=O)N(C)Cc1ccccc1)C2. The fraction of sp³-hybridized carbons (Fsp3) is 0.333. The summed E-state index contributed by atoms with van der Waals surface area (Å²) in [5, 5.41) is 0. The molecule has 3 rings (SSSR count).